The molecule has 0 saturated carbocycles. The van der Waals surface area contributed by atoms with Crippen LogP contribution in [-0.4, -0.2) is 28.3 Å². The molecule has 6 atom stereocenters. The molecule has 0 radical (unpaired) electrons. The Bertz CT molecular complexity index is 451. The van der Waals surface area contributed by atoms with Crippen LogP contribution in [0.2, 0.25) is 0 Å². The van der Waals surface area contributed by atoms with Crippen molar-refractivity contribution in [1.29, 1.82) is 0 Å². The molecule has 2 saturated heterocycles. The topological polar surface area (TPSA) is 74.2 Å². The summed E-state index contributed by atoms with van der Waals surface area (Å²) in [5, 5.41) is 0. The first-order chi connectivity index (χ1) is 8.88. The summed E-state index contributed by atoms with van der Waals surface area (Å²) < 4.78 is 44.8. The minimum atomic E-state index is -4.49. The molecular weight excluding hydrogens is 333 g/mol. The second-order valence-electron chi connectivity index (χ2n) is 5.69. The molecule has 0 aliphatic carbocycles. The Morgan fingerprint density at radius 2 is 1.85 bits per heavy atom. The van der Waals surface area contributed by atoms with Crippen molar-refractivity contribution in [2.75, 3.05) is 0 Å². The van der Waals surface area contributed by atoms with Gasteiger partial charge in [-0.15, -0.1) is 4.20 Å². The van der Waals surface area contributed by atoms with Crippen LogP contribution in [0, 0.1) is 0 Å². The average molecular weight is 352 g/mol. The van der Waals surface area contributed by atoms with Gasteiger partial charge < -0.3 is 0 Å². The molecule has 2 heterocycles. The van der Waals surface area contributed by atoms with Gasteiger partial charge in [0.25, 0.3) is 0 Å². The Kier molecular flexibility index (Phi) is 4.35. The summed E-state index contributed by atoms with van der Waals surface area (Å²) in [5.74, 6) is 0. The van der Waals surface area contributed by atoms with E-state index >= 15 is 0 Å². The molecule has 20 heavy (non-hydrogen) atoms. The molecule has 2 aliphatic heterocycles. The number of halogens is 2. The van der Waals surface area contributed by atoms with Crippen molar-refractivity contribution < 1.29 is 31.8 Å². The van der Waals surface area contributed by atoms with E-state index < -0.39 is 38.6 Å². The number of hydrogen-bond donors (Lipinski definition) is 1. The zero-order valence-corrected chi connectivity index (χ0v) is 14.3. The van der Waals surface area contributed by atoms with E-state index in [-0.39, 0.29) is 0 Å². The van der Waals surface area contributed by atoms with Crippen LogP contribution in [0.25, 0.3) is 0 Å². The van der Waals surface area contributed by atoms with E-state index in [4.69, 9.17) is 29.3 Å². The molecule has 0 aromatic rings. The van der Waals surface area contributed by atoms with Crippen LogP contribution in [-0.2, 0) is 22.7 Å². The summed E-state index contributed by atoms with van der Waals surface area (Å²) in [6.07, 6.45) is -0.364. The highest BCUT2D eigenvalue weighted by Gasteiger charge is 2.62. The van der Waals surface area contributed by atoms with Gasteiger partial charge in [0.15, 0.2) is 11.2 Å². The first kappa shape index (κ1) is 17.0. The highest BCUT2D eigenvalue weighted by atomic mass is 35.7. The van der Waals surface area contributed by atoms with Crippen LogP contribution in [0.5, 0.6) is 0 Å². The molecule has 0 amide bonds. The van der Waals surface area contributed by atoms with Gasteiger partial charge in [0.1, 0.15) is 17.3 Å². The van der Waals surface area contributed by atoms with Gasteiger partial charge in [-0.25, -0.2) is 4.57 Å². The Balaban J connectivity index is 2.04. The van der Waals surface area contributed by atoms with Crippen LogP contribution < -0.4 is 0 Å². The molecule has 2 fully saturated rings. The lowest BCUT2D eigenvalue weighted by molar-refractivity contribution is 0.00428. The van der Waals surface area contributed by atoms with Crippen LogP contribution in [0.15, 0.2) is 0 Å². The van der Waals surface area contributed by atoms with E-state index in [2.05, 4.69) is 0 Å². The Hall–Kier alpha value is 0.680. The first-order valence-electron chi connectivity index (χ1n) is 6.27. The summed E-state index contributed by atoms with van der Waals surface area (Å²) in [6, 6.07) is 0. The lowest BCUT2D eigenvalue weighted by atomic mass is 9.86. The molecule has 2 aliphatic rings. The van der Waals surface area contributed by atoms with Gasteiger partial charge in [0, 0.05) is 0 Å². The molecule has 0 aromatic carbocycles. The van der Waals surface area contributed by atoms with E-state index in [9.17, 15) is 13.7 Å². The van der Waals surface area contributed by atoms with Crippen molar-refractivity contribution in [3.63, 3.8) is 0 Å². The third-order valence-electron chi connectivity index (χ3n) is 4.05. The Labute approximate surface area is 122 Å². The minimum Gasteiger partial charge on any atom is -0.277 e. The van der Waals surface area contributed by atoms with Crippen LogP contribution in [0.4, 0.5) is 4.20 Å². The fraction of sp³-hybridized carbons (Fsp3) is 1.00. The number of hydrogen-bond acceptors (Lipinski definition) is 6. The molecule has 118 valence electrons. The normalized spacial score (nSPS) is 56.4. The SMILES string of the molecule is CC1OP(=O)(F)OC1(C)CCC1(C)O[P+](O)(Cl)OC1C. The van der Waals surface area contributed by atoms with Gasteiger partial charge >= 0.3 is 15.2 Å². The average Bonchev–Trinajstić information content (AvgIpc) is 2.56. The quantitative estimate of drug-likeness (QED) is 0.770. The van der Waals surface area contributed by atoms with Gasteiger partial charge in [-0.05, 0) is 40.5 Å². The zero-order chi connectivity index (χ0) is 15.4. The molecule has 0 bridgehead atoms. The van der Waals surface area contributed by atoms with Gasteiger partial charge in [-0.3, -0.25) is 9.05 Å². The van der Waals surface area contributed by atoms with Gasteiger partial charge in [0.05, 0.1) is 6.10 Å². The molecule has 10 heteroatoms. The van der Waals surface area contributed by atoms with E-state index in [1.54, 1.807) is 27.7 Å². The Morgan fingerprint density at radius 1 is 1.30 bits per heavy atom. The van der Waals surface area contributed by atoms with Crippen LogP contribution in [0.3, 0.4) is 0 Å². The fourth-order valence-corrected chi connectivity index (χ4v) is 5.92. The van der Waals surface area contributed by atoms with E-state index in [0.717, 1.165) is 0 Å². The molecule has 1 N–H and O–H groups in total. The number of rotatable bonds is 3. The fourth-order valence-electron chi connectivity index (χ4n) is 2.30. The second kappa shape index (κ2) is 5.10. The maximum Gasteiger partial charge on any atom is 0.522 e. The van der Waals surface area contributed by atoms with E-state index in [1.807, 2.05) is 0 Å². The zero-order valence-electron chi connectivity index (χ0n) is 11.7. The van der Waals surface area contributed by atoms with Crippen LogP contribution in [0.1, 0.15) is 40.5 Å². The van der Waals surface area contributed by atoms with Crippen molar-refractivity contribution >= 4 is 26.4 Å². The second-order valence-corrected chi connectivity index (χ2v) is 9.52. The third-order valence-corrected chi connectivity index (χ3v) is 6.92. The summed E-state index contributed by atoms with van der Waals surface area (Å²) in [5.41, 5.74) is -1.85. The smallest absolute Gasteiger partial charge is 0.277 e. The Morgan fingerprint density at radius 3 is 2.25 bits per heavy atom. The van der Waals surface area contributed by atoms with Crippen molar-refractivity contribution in [2.45, 2.75) is 63.9 Å². The van der Waals surface area contributed by atoms with Crippen LogP contribution >= 0.6 is 26.4 Å². The third kappa shape index (κ3) is 3.36. The van der Waals surface area contributed by atoms with E-state index in [1.165, 1.54) is 0 Å². The maximum atomic E-state index is 13.4. The predicted octanol–water partition coefficient (Wildman–Crippen LogP) is 4.14. The first-order valence-corrected chi connectivity index (χ1v) is 10.2. The maximum absolute atomic E-state index is 13.4. The van der Waals surface area contributed by atoms with Crippen molar-refractivity contribution in [3.05, 3.63) is 0 Å². The standard InChI is InChI=1S/C10H19ClFO6P2/c1-7-9(3,17-19(11,13)15-7)5-6-10(4)8(2)16-20(12,14)18-10/h7-8,13H,5-6H2,1-4H3/q+1. The van der Waals surface area contributed by atoms with Crippen molar-refractivity contribution in [1.82, 2.24) is 0 Å². The minimum absolute atomic E-state index is 0.323. The highest BCUT2D eigenvalue weighted by molar-refractivity contribution is 7.87. The lowest BCUT2D eigenvalue weighted by Crippen LogP contribution is -2.40. The van der Waals surface area contributed by atoms with Crippen molar-refractivity contribution in [3.8, 4) is 0 Å². The highest BCUT2D eigenvalue weighted by Crippen LogP contribution is 2.71. The molecular formula is C10H19ClFO6P2+. The molecule has 0 spiro atoms. The largest absolute Gasteiger partial charge is 0.522 e. The lowest BCUT2D eigenvalue weighted by Gasteiger charge is -2.29. The summed E-state index contributed by atoms with van der Waals surface area (Å²) in [4.78, 5) is 9.66. The van der Waals surface area contributed by atoms with Gasteiger partial charge in [-0.2, -0.15) is 13.9 Å². The molecule has 0 aromatic heterocycles. The van der Waals surface area contributed by atoms with Gasteiger partial charge in [0.2, 0.25) is 0 Å². The van der Waals surface area contributed by atoms with Gasteiger partial charge in [-0.1, -0.05) is 0 Å². The predicted molar refractivity (Wildman–Crippen MR) is 73.0 cm³/mol. The van der Waals surface area contributed by atoms with E-state index in [0.29, 0.717) is 12.8 Å². The summed E-state index contributed by atoms with van der Waals surface area (Å²) in [7, 11) is -7.81. The monoisotopic (exact) mass is 351 g/mol. The summed E-state index contributed by atoms with van der Waals surface area (Å²) >= 11 is 5.71. The molecule has 6 unspecified atom stereocenters. The molecule has 6 nitrogen and oxygen atoms in total. The summed E-state index contributed by atoms with van der Waals surface area (Å²) in [6.45, 7) is 6.71. The van der Waals surface area contributed by atoms with Crippen molar-refractivity contribution in [2.24, 2.45) is 0 Å². The molecule has 2 rings (SSSR count).